The Kier molecular flexibility index (Phi) is 3.35. The molecule has 2 saturated heterocycles. The Morgan fingerprint density at radius 3 is 3.16 bits per heavy atom. The zero-order valence-corrected chi connectivity index (χ0v) is 10.9. The number of anilines is 1. The van der Waals surface area contributed by atoms with Gasteiger partial charge in [-0.15, -0.1) is 0 Å². The number of fused-ring (bicyclic) bond motifs is 1. The minimum absolute atomic E-state index is 0.0209. The second kappa shape index (κ2) is 5.14. The van der Waals surface area contributed by atoms with Crippen LogP contribution in [0.15, 0.2) is 18.5 Å². The van der Waals surface area contributed by atoms with Crippen LogP contribution in [-0.2, 0) is 0 Å². The second-order valence-electron chi connectivity index (χ2n) is 5.15. The van der Waals surface area contributed by atoms with Crippen molar-refractivity contribution in [1.82, 2.24) is 14.8 Å². The zero-order valence-electron chi connectivity index (χ0n) is 10.9. The van der Waals surface area contributed by atoms with Gasteiger partial charge in [-0.25, -0.2) is 0 Å². The highest BCUT2D eigenvalue weighted by Crippen LogP contribution is 2.23. The molecular formula is C13H19N5O. The van der Waals surface area contributed by atoms with Crippen molar-refractivity contribution in [1.29, 1.82) is 0 Å². The Morgan fingerprint density at radius 1 is 1.42 bits per heavy atom. The summed E-state index contributed by atoms with van der Waals surface area (Å²) in [5.74, 6) is 5.47. The van der Waals surface area contributed by atoms with Crippen LogP contribution in [0.3, 0.4) is 0 Å². The van der Waals surface area contributed by atoms with Crippen molar-refractivity contribution < 1.29 is 4.79 Å². The molecule has 6 heteroatoms. The molecule has 3 heterocycles. The van der Waals surface area contributed by atoms with Crippen LogP contribution in [0.5, 0.6) is 0 Å². The molecule has 3 rings (SSSR count). The molecule has 3 N–H and O–H groups in total. The number of hydrogen-bond acceptors (Lipinski definition) is 5. The molecule has 6 nitrogen and oxygen atoms in total. The number of amides is 1. The maximum Gasteiger partial charge on any atom is 0.257 e. The summed E-state index contributed by atoms with van der Waals surface area (Å²) in [6, 6.07) is 2.25. The summed E-state index contributed by atoms with van der Waals surface area (Å²) in [6.07, 6.45) is 5.65. The number of hydrazine groups is 1. The van der Waals surface area contributed by atoms with E-state index in [0.29, 0.717) is 17.3 Å². The summed E-state index contributed by atoms with van der Waals surface area (Å²) in [5, 5.41) is 0. The van der Waals surface area contributed by atoms with E-state index in [2.05, 4.69) is 15.3 Å². The van der Waals surface area contributed by atoms with Crippen molar-refractivity contribution >= 4 is 11.6 Å². The van der Waals surface area contributed by atoms with Gasteiger partial charge in [-0.3, -0.25) is 20.5 Å². The van der Waals surface area contributed by atoms with Crippen molar-refractivity contribution in [2.24, 2.45) is 5.84 Å². The molecule has 1 aromatic rings. The normalized spacial score (nSPS) is 23.2. The summed E-state index contributed by atoms with van der Waals surface area (Å²) in [7, 11) is 0. The van der Waals surface area contributed by atoms with Gasteiger partial charge in [-0.05, 0) is 25.5 Å². The van der Waals surface area contributed by atoms with E-state index in [1.807, 2.05) is 4.90 Å². The number of aromatic nitrogens is 1. The third kappa shape index (κ3) is 2.29. The Hall–Kier alpha value is -1.66. The fourth-order valence-corrected chi connectivity index (χ4v) is 3.04. The van der Waals surface area contributed by atoms with Crippen molar-refractivity contribution in [3.8, 4) is 0 Å². The van der Waals surface area contributed by atoms with Gasteiger partial charge in [0.05, 0.1) is 11.3 Å². The lowest BCUT2D eigenvalue weighted by Gasteiger charge is -2.37. The highest BCUT2D eigenvalue weighted by atomic mass is 16.2. The number of nitrogens with two attached hydrogens (primary N) is 1. The number of pyridine rings is 1. The molecule has 1 aromatic heterocycles. The van der Waals surface area contributed by atoms with Gasteiger partial charge in [-0.2, -0.15) is 0 Å². The number of nitrogens with one attached hydrogen (secondary N) is 1. The van der Waals surface area contributed by atoms with Crippen LogP contribution < -0.4 is 11.3 Å². The fourth-order valence-electron chi connectivity index (χ4n) is 3.04. The molecule has 19 heavy (non-hydrogen) atoms. The highest BCUT2D eigenvalue weighted by molar-refractivity contribution is 5.99. The first kappa shape index (κ1) is 12.4. The van der Waals surface area contributed by atoms with Crippen molar-refractivity contribution in [2.45, 2.75) is 18.9 Å². The summed E-state index contributed by atoms with van der Waals surface area (Å²) in [5.41, 5.74) is 3.75. The second-order valence-corrected chi connectivity index (χ2v) is 5.15. The molecule has 1 amide bonds. The van der Waals surface area contributed by atoms with Crippen LogP contribution in [0.1, 0.15) is 23.2 Å². The molecule has 1 atom stereocenters. The van der Waals surface area contributed by atoms with Gasteiger partial charge in [0.15, 0.2) is 0 Å². The van der Waals surface area contributed by atoms with Gasteiger partial charge in [0.2, 0.25) is 0 Å². The Morgan fingerprint density at radius 2 is 2.32 bits per heavy atom. The molecule has 0 radical (unpaired) electrons. The third-order valence-electron chi connectivity index (χ3n) is 4.08. The predicted molar refractivity (Wildman–Crippen MR) is 72.5 cm³/mol. The monoisotopic (exact) mass is 261 g/mol. The molecule has 2 aliphatic heterocycles. The smallest absolute Gasteiger partial charge is 0.257 e. The minimum Gasteiger partial charge on any atom is -0.336 e. The lowest BCUT2D eigenvalue weighted by atomic mass is 10.1. The first-order valence-electron chi connectivity index (χ1n) is 6.73. The van der Waals surface area contributed by atoms with Crippen molar-refractivity contribution in [2.75, 3.05) is 31.6 Å². The summed E-state index contributed by atoms with van der Waals surface area (Å²) in [6.45, 7) is 3.75. The van der Waals surface area contributed by atoms with E-state index in [-0.39, 0.29) is 5.91 Å². The average molecular weight is 261 g/mol. The van der Waals surface area contributed by atoms with E-state index in [4.69, 9.17) is 5.84 Å². The number of rotatable bonds is 2. The molecular weight excluding hydrogens is 242 g/mol. The Labute approximate surface area is 112 Å². The van der Waals surface area contributed by atoms with E-state index < -0.39 is 0 Å². The zero-order chi connectivity index (χ0) is 13.2. The number of nitrogens with zero attached hydrogens (tertiary/aromatic N) is 3. The van der Waals surface area contributed by atoms with Gasteiger partial charge in [0.1, 0.15) is 0 Å². The maximum absolute atomic E-state index is 12.5. The van der Waals surface area contributed by atoms with E-state index in [9.17, 15) is 4.79 Å². The lowest BCUT2D eigenvalue weighted by molar-refractivity contribution is 0.0572. The quantitative estimate of drug-likeness (QED) is 0.591. The van der Waals surface area contributed by atoms with Crippen LogP contribution in [0, 0.1) is 0 Å². The van der Waals surface area contributed by atoms with Crippen LogP contribution in [0.2, 0.25) is 0 Å². The van der Waals surface area contributed by atoms with E-state index in [1.165, 1.54) is 19.4 Å². The van der Waals surface area contributed by atoms with Crippen LogP contribution in [-0.4, -0.2) is 52.9 Å². The number of nitrogen functional groups attached to an aromatic ring is 1. The van der Waals surface area contributed by atoms with Crippen LogP contribution in [0.4, 0.5) is 5.69 Å². The summed E-state index contributed by atoms with van der Waals surface area (Å²) < 4.78 is 0. The van der Waals surface area contributed by atoms with Gasteiger partial charge in [0.25, 0.3) is 5.91 Å². The van der Waals surface area contributed by atoms with Crippen molar-refractivity contribution in [3.63, 3.8) is 0 Å². The summed E-state index contributed by atoms with van der Waals surface area (Å²) in [4.78, 5) is 21.0. The molecule has 1 unspecified atom stereocenters. The molecule has 0 bridgehead atoms. The van der Waals surface area contributed by atoms with Crippen LogP contribution >= 0.6 is 0 Å². The summed E-state index contributed by atoms with van der Waals surface area (Å²) >= 11 is 0. The van der Waals surface area contributed by atoms with Gasteiger partial charge < -0.3 is 10.3 Å². The molecule has 102 valence electrons. The van der Waals surface area contributed by atoms with Gasteiger partial charge in [0, 0.05) is 38.1 Å². The molecule has 0 saturated carbocycles. The number of piperazine rings is 1. The number of carbonyl (C=O) groups is 1. The first-order valence-corrected chi connectivity index (χ1v) is 6.73. The maximum atomic E-state index is 12.5. The third-order valence-corrected chi connectivity index (χ3v) is 4.08. The Bertz CT molecular complexity index is 478. The number of hydrogen-bond donors (Lipinski definition) is 2. The number of carbonyl (C=O) groups excluding carboxylic acids is 1. The largest absolute Gasteiger partial charge is 0.336 e. The standard InChI is InChI=1S/C13H19N5O/c14-16-12-3-4-15-8-11(12)13(19)18-7-6-17-5-1-2-10(17)9-18/h3-4,8,10H,1-2,5-7,9,14H2,(H,15,16). The Balaban J connectivity index is 1.76. The predicted octanol–water partition coefficient (Wildman–Crippen LogP) is 0.287. The lowest BCUT2D eigenvalue weighted by Crippen LogP contribution is -2.52. The molecule has 0 aromatic carbocycles. The molecule has 0 aliphatic carbocycles. The fraction of sp³-hybridized carbons (Fsp3) is 0.538. The SMILES string of the molecule is NNc1ccncc1C(=O)N1CCN2CCCC2C1. The highest BCUT2D eigenvalue weighted by Gasteiger charge is 2.33. The topological polar surface area (TPSA) is 74.5 Å². The first-order chi connectivity index (χ1) is 9.29. The van der Waals surface area contributed by atoms with Gasteiger partial charge in [-0.1, -0.05) is 0 Å². The van der Waals surface area contributed by atoms with Crippen molar-refractivity contribution in [3.05, 3.63) is 24.0 Å². The van der Waals surface area contributed by atoms with E-state index >= 15 is 0 Å². The molecule has 2 aliphatic rings. The van der Waals surface area contributed by atoms with E-state index in [0.717, 1.165) is 19.6 Å². The van der Waals surface area contributed by atoms with Gasteiger partial charge >= 0.3 is 0 Å². The molecule has 0 spiro atoms. The van der Waals surface area contributed by atoms with E-state index in [1.54, 1.807) is 18.5 Å². The minimum atomic E-state index is 0.0209. The average Bonchev–Trinajstić information content (AvgIpc) is 2.93. The molecule has 2 fully saturated rings. The van der Waals surface area contributed by atoms with Crippen LogP contribution in [0.25, 0.3) is 0 Å².